The van der Waals surface area contributed by atoms with Gasteiger partial charge in [-0.3, -0.25) is 4.79 Å². The molecule has 122 valence electrons. The Morgan fingerprint density at radius 2 is 2.14 bits per heavy atom. The highest BCUT2D eigenvalue weighted by Crippen LogP contribution is 2.62. The molecule has 0 amide bonds. The fourth-order valence-corrected chi connectivity index (χ4v) is 5.02. The van der Waals surface area contributed by atoms with Crippen molar-refractivity contribution in [3.8, 4) is 0 Å². The number of hydrogen-bond acceptors (Lipinski definition) is 1. The average Bonchev–Trinajstić information content (AvgIpc) is 2.46. The summed E-state index contributed by atoms with van der Waals surface area (Å²) in [6.45, 7) is 14.6. The van der Waals surface area contributed by atoms with Crippen molar-refractivity contribution >= 4 is 5.97 Å². The molecule has 2 nitrogen and oxygen atoms in total. The van der Waals surface area contributed by atoms with Gasteiger partial charge in [-0.2, -0.15) is 0 Å². The van der Waals surface area contributed by atoms with Gasteiger partial charge < -0.3 is 5.11 Å². The van der Waals surface area contributed by atoms with Crippen molar-refractivity contribution in [2.45, 2.75) is 59.3 Å². The minimum Gasteiger partial charge on any atom is -0.481 e. The largest absolute Gasteiger partial charge is 0.481 e. The number of carbonyl (C=O) groups is 1. The van der Waals surface area contributed by atoms with Crippen molar-refractivity contribution in [1.82, 2.24) is 0 Å². The monoisotopic (exact) mass is 302 g/mol. The number of carboxylic acids is 1. The van der Waals surface area contributed by atoms with Crippen LogP contribution in [0.1, 0.15) is 59.3 Å². The molecular formula is C20H30O2. The van der Waals surface area contributed by atoms with Gasteiger partial charge in [0.15, 0.2) is 0 Å². The van der Waals surface area contributed by atoms with Crippen LogP contribution in [0.4, 0.5) is 0 Å². The molecule has 0 spiro atoms. The fraction of sp³-hybridized carbons (Fsp3) is 0.650. The molecule has 0 saturated heterocycles. The highest BCUT2D eigenvalue weighted by molar-refractivity contribution is 5.71. The standard InChI is InChI=1S/C20H30O2/c1-6-14(2)10-12-20(5)16(18(21)22)11-13-19(4)15(3)8-7-9-17(19)20/h6,8,16-17H,1-2,7,9-13H2,3-5H3,(H,21,22)/t16-,17-,19-,20+/m0/s1. The van der Waals surface area contributed by atoms with E-state index in [9.17, 15) is 9.90 Å². The number of hydrogen-bond donors (Lipinski definition) is 1. The van der Waals surface area contributed by atoms with Crippen LogP contribution >= 0.6 is 0 Å². The molecule has 1 N–H and O–H groups in total. The van der Waals surface area contributed by atoms with Crippen molar-refractivity contribution < 1.29 is 9.90 Å². The first-order valence-electron chi connectivity index (χ1n) is 8.46. The van der Waals surface area contributed by atoms with Crippen LogP contribution in [0.25, 0.3) is 0 Å². The molecule has 1 fully saturated rings. The fourth-order valence-electron chi connectivity index (χ4n) is 5.02. The van der Waals surface area contributed by atoms with E-state index in [1.54, 1.807) is 6.08 Å². The maximum absolute atomic E-state index is 11.9. The Balaban J connectivity index is 2.37. The third kappa shape index (κ3) is 2.68. The van der Waals surface area contributed by atoms with Crippen LogP contribution in [-0.4, -0.2) is 11.1 Å². The second kappa shape index (κ2) is 6.06. The average molecular weight is 302 g/mol. The Bertz CT molecular complexity index is 516. The Labute approximate surface area is 135 Å². The van der Waals surface area contributed by atoms with Crippen LogP contribution < -0.4 is 0 Å². The van der Waals surface area contributed by atoms with Gasteiger partial charge >= 0.3 is 5.97 Å². The maximum atomic E-state index is 11.9. The molecule has 4 atom stereocenters. The molecule has 0 bridgehead atoms. The number of rotatable bonds is 5. The van der Waals surface area contributed by atoms with Crippen LogP contribution in [0, 0.1) is 22.7 Å². The first-order chi connectivity index (χ1) is 10.3. The van der Waals surface area contributed by atoms with E-state index in [-0.39, 0.29) is 16.7 Å². The number of carboxylic acid groups (broad SMARTS) is 1. The molecule has 22 heavy (non-hydrogen) atoms. The third-order valence-electron chi connectivity index (χ3n) is 6.69. The summed E-state index contributed by atoms with van der Waals surface area (Å²) in [5.74, 6) is -0.424. The predicted octanol–water partition coefficient (Wildman–Crippen LogP) is 5.37. The molecule has 2 rings (SSSR count). The van der Waals surface area contributed by atoms with E-state index in [0.717, 1.165) is 44.1 Å². The van der Waals surface area contributed by atoms with E-state index in [1.165, 1.54) is 5.57 Å². The van der Waals surface area contributed by atoms with Crippen molar-refractivity contribution in [1.29, 1.82) is 0 Å². The molecule has 0 heterocycles. The van der Waals surface area contributed by atoms with Gasteiger partial charge in [0.05, 0.1) is 5.92 Å². The first-order valence-corrected chi connectivity index (χ1v) is 8.46. The molecule has 0 aliphatic heterocycles. The van der Waals surface area contributed by atoms with Gasteiger partial charge in [0.25, 0.3) is 0 Å². The van der Waals surface area contributed by atoms with Gasteiger partial charge in [-0.1, -0.05) is 50.3 Å². The summed E-state index contributed by atoms with van der Waals surface area (Å²) in [6, 6.07) is 0. The molecule has 2 aliphatic carbocycles. The zero-order valence-electron chi connectivity index (χ0n) is 14.3. The molecule has 1 saturated carbocycles. The number of fused-ring (bicyclic) bond motifs is 1. The van der Waals surface area contributed by atoms with E-state index in [1.807, 2.05) is 0 Å². The number of allylic oxidation sites excluding steroid dienone is 4. The molecule has 0 aromatic carbocycles. The Morgan fingerprint density at radius 3 is 2.73 bits per heavy atom. The summed E-state index contributed by atoms with van der Waals surface area (Å²) in [7, 11) is 0. The second-order valence-electron chi connectivity index (χ2n) is 7.73. The summed E-state index contributed by atoms with van der Waals surface area (Å²) in [4.78, 5) is 11.9. The van der Waals surface area contributed by atoms with Crippen LogP contribution in [0.5, 0.6) is 0 Å². The third-order valence-corrected chi connectivity index (χ3v) is 6.69. The summed E-state index contributed by atoms with van der Waals surface area (Å²) >= 11 is 0. The molecular weight excluding hydrogens is 272 g/mol. The molecule has 0 aromatic rings. The van der Waals surface area contributed by atoms with Crippen LogP contribution in [0.15, 0.2) is 36.5 Å². The molecule has 0 aromatic heterocycles. The number of aliphatic carboxylic acids is 1. The normalized spacial score (nSPS) is 37.9. The summed E-state index contributed by atoms with van der Waals surface area (Å²) in [5, 5.41) is 9.78. The molecule has 0 unspecified atom stereocenters. The van der Waals surface area contributed by atoms with Gasteiger partial charge in [0.1, 0.15) is 0 Å². The Hall–Kier alpha value is -1.31. The zero-order valence-corrected chi connectivity index (χ0v) is 14.3. The Morgan fingerprint density at radius 1 is 1.45 bits per heavy atom. The van der Waals surface area contributed by atoms with E-state index < -0.39 is 5.97 Å². The molecule has 2 heteroatoms. The summed E-state index contributed by atoms with van der Waals surface area (Å²) in [6.07, 6.45) is 9.86. The van der Waals surface area contributed by atoms with Crippen LogP contribution in [0.3, 0.4) is 0 Å². The zero-order chi connectivity index (χ0) is 16.5. The SMILES string of the molecule is C=CC(=C)CC[C@@]1(C)[C@H]2CCC=C(C)[C@]2(C)CC[C@H]1C(=O)O. The minimum absolute atomic E-state index is 0.161. The van der Waals surface area contributed by atoms with Crippen molar-refractivity contribution in [3.05, 3.63) is 36.5 Å². The highest BCUT2D eigenvalue weighted by Gasteiger charge is 2.56. The maximum Gasteiger partial charge on any atom is 0.307 e. The van der Waals surface area contributed by atoms with Gasteiger partial charge in [0, 0.05) is 0 Å². The van der Waals surface area contributed by atoms with Gasteiger partial charge in [-0.25, -0.2) is 0 Å². The lowest BCUT2D eigenvalue weighted by Crippen LogP contribution is -2.52. The van der Waals surface area contributed by atoms with Gasteiger partial charge in [-0.15, -0.1) is 0 Å². The lowest BCUT2D eigenvalue weighted by atomic mass is 9.46. The van der Waals surface area contributed by atoms with E-state index in [4.69, 9.17) is 0 Å². The second-order valence-corrected chi connectivity index (χ2v) is 7.73. The predicted molar refractivity (Wildman–Crippen MR) is 91.6 cm³/mol. The molecule has 0 radical (unpaired) electrons. The van der Waals surface area contributed by atoms with Crippen LogP contribution in [-0.2, 0) is 4.79 Å². The summed E-state index contributed by atoms with van der Waals surface area (Å²) < 4.78 is 0. The smallest absolute Gasteiger partial charge is 0.307 e. The van der Waals surface area contributed by atoms with E-state index >= 15 is 0 Å². The quantitative estimate of drug-likeness (QED) is 0.547. The van der Waals surface area contributed by atoms with E-state index in [2.05, 4.69) is 40.0 Å². The highest BCUT2D eigenvalue weighted by atomic mass is 16.4. The van der Waals surface area contributed by atoms with Crippen molar-refractivity contribution in [2.75, 3.05) is 0 Å². The minimum atomic E-state index is -0.624. The van der Waals surface area contributed by atoms with Crippen molar-refractivity contribution in [2.24, 2.45) is 22.7 Å². The summed E-state index contributed by atoms with van der Waals surface area (Å²) in [5.41, 5.74) is 2.47. The first kappa shape index (κ1) is 17.1. The van der Waals surface area contributed by atoms with Crippen molar-refractivity contribution in [3.63, 3.8) is 0 Å². The molecule has 2 aliphatic rings. The van der Waals surface area contributed by atoms with Crippen LogP contribution in [0.2, 0.25) is 0 Å². The lowest BCUT2D eigenvalue weighted by molar-refractivity contribution is -0.156. The van der Waals surface area contributed by atoms with Gasteiger partial charge in [-0.05, 0) is 62.2 Å². The Kier molecular flexibility index (Phi) is 4.70. The van der Waals surface area contributed by atoms with E-state index in [0.29, 0.717) is 5.92 Å². The lowest BCUT2D eigenvalue weighted by Gasteiger charge is -2.57. The topological polar surface area (TPSA) is 37.3 Å². The van der Waals surface area contributed by atoms with Gasteiger partial charge in [0.2, 0.25) is 0 Å².